The molecular formula is C19H15N5O2. The van der Waals surface area contributed by atoms with E-state index >= 15 is 0 Å². The van der Waals surface area contributed by atoms with Crippen LogP contribution >= 0.6 is 0 Å². The monoisotopic (exact) mass is 345 g/mol. The Bertz CT molecular complexity index is 1140. The minimum absolute atomic E-state index is 0.113. The molecule has 26 heavy (non-hydrogen) atoms. The first-order valence-electron chi connectivity index (χ1n) is 7.93. The van der Waals surface area contributed by atoms with Crippen molar-refractivity contribution in [1.29, 1.82) is 0 Å². The number of pyridine rings is 1. The van der Waals surface area contributed by atoms with Crippen molar-refractivity contribution in [2.24, 2.45) is 0 Å². The molecule has 1 aromatic carbocycles. The lowest BCUT2D eigenvalue weighted by Crippen LogP contribution is -2.03. The largest absolute Gasteiger partial charge is 0.508 e. The number of fused-ring (bicyclic) bond motifs is 1. The number of hydrogen-bond acceptors (Lipinski definition) is 6. The summed E-state index contributed by atoms with van der Waals surface area (Å²) in [7, 11) is 0. The van der Waals surface area contributed by atoms with Gasteiger partial charge in [-0.25, -0.2) is 15.0 Å². The maximum Gasteiger partial charge on any atom is 0.178 e. The van der Waals surface area contributed by atoms with Gasteiger partial charge < -0.3 is 10.8 Å². The molecule has 0 saturated carbocycles. The van der Waals surface area contributed by atoms with Crippen LogP contribution in [0.25, 0.3) is 28.2 Å². The normalized spacial score (nSPS) is 11.0. The number of nitrogens with two attached hydrogens (primary N) is 1. The fourth-order valence-electron chi connectivity index (χ4n) is 2.97. The van der Waals surface area contributed by atoms with Crippen molar-refractivity contribution in [2.45, 2.75) is 6.92 Å². The van der Waals surface area contributed by atoms with E-state index in [1.165, 1.54) is 0 Å². The third-order valence-electron chi connectivity index (χ3n) is 4.23. The van der Waals surface area contributed by atoms with Crippen molar-refractivity contribution in [3.05, 3.63) is 59.9 Å². The first kappa shape index (κ1) is 15.8. The van der Waals surface area contributed by atoms with Crippen LogP contribution in [0.2, 0.25) is 0 Å². The van der Waals surface area contributed by atoms with Gasteiger partial charge in [0.05, 0.1) is 16.8 Å². The van der Waals surface area contributed by atoms with Crippen LogP contribution < -0.4 is 5.73 Å². The zero-order valence-electron chi connectivity index (χ0n) is 13.9. The second kappa shape index (κ2) is 5.96. The Morgan fingerprint density at radius 2 is 1.92 bits per heavy atom. The molecule has 3 aromatic heterocycles. The molecule has 0 spiro atoms. The van der Waals surface area contributed by atoms with E-state index < -0.39 is 0 Å². The Morgan fingerprint density at radius 3 is 2.65 bits per heavy atom. The molecule has 0 amide bonds. The molecule has 3 heterocycles. The van der Waals surface area contributed by atoms with E-state index in [0.29, 0.717) is 40.1 Å². The van der Waals surface area contributed by atoms with E-state index in [0.717, 1.165) is 5.56 Å². The molecule has 0 bridgehead atoms. The summed E-state index contributed by atoms with van der Waals surface area (Å²) in [4.78, 5) is 24.6. The molecule has 0 atom stereocenters. The van der Waals surface area contributed by atoms with Crippen molar-refractivity contribution >= 4 is 23.1 Å². The highest BCUT2D eigenvalue weighted by Gasteiger charge is 2.19. The van der Waals surface area contributed by atoms with Crippen LogP contribution in [0, 0.1) is 6.92 Å². The molecule has 128 valence electrons. The van der Waals surface area contributed by atoms with Gasteiger partial charge in [-0.2, -0.15) is 0 Å². The first-order valence-corrected chi connectivity index (χ1v) is 7.93. The summed E-state index contributed by atoms with van der Waals surface area (Å²) in [6.07, 6.45) is 3.95. The van der Waals surface area contributed by atoms with Crippen molar-refractivity contribution in [3.63, 3.8) is 0 Å². The highest BCUT2D eigenvalue weighted by molar-refractivity contribution is 6.02. The maximum absolute atomic E-state index is 11.7. The Balaban J connectivity index is 2.02. The molecular weight excluding hydrogens is 330 g/mol. The van der Waals surface area contributed by atoms with Gasteiger partial charge in [-0.15, -0.1) is 0 Å². The van der Waals surface area contributed by atoms with Gasteiger partial charge in [0.1, 0.15) is 22.8 Å². The van der Waals surface area contributed by atoms with Crippen molar-refractivity contribution in [2.75, 3.05) is 5.73 Å². The van der Waals surface area contributed by atoms with E-state index in [1.807, 2.05) is 13.0 Å². The van der Waals surface area contributed by atoms with Crippen molar-refractivity contribution in [3.8, 4) is 23.0 Å². The summed E-state index contributed by atoms with van der Waals surface area (Å²) in [6, 6.07) is 10.3. The zero-order valence-corrected chi connectivity index (χ0v) is 13.9. The minimum atomic E-state index is 0.113. The Labute approximate surface area is 148 Å². The van der Waals surface area contributed by atoms with Crippen LogP contribution in [0.5, 0.6) is 5.75 Å². The number of rotatable bonds is 3. The first-order chi connectivity index (χ1) is 12.6. The number of hydrogen-bond donors (Lipinski definition) is 2. The summed E-state index contributed by atoms with van der Waals surface area (Å²) in [5, 5.41) is 9.86. The van der Waals surface area contributed by atoms with Crippen LogP contribution in [-0.2, 0) is 0 Å². The second-order valence-corrected chi connectivity index (χ2v) is 5.86. The number of aromatic hydroxyl groups is 1. The SMILES string of the molecule is Cc1ccc(O)cc1-n1c(N)c(C=O)c2nc(-c3ncccn3)ccc21. The number of aldehydes is 1. The number of benzene rings is 1. The molecule has 0 aliphatic heterocycles. The summed E-state index contributed by atoms with van der Waals surface area (Å²) in [6.45, 7) is 1.90. The topological polar surface area (TPSA) is 107 Å². The van der Waals surface area contributed by atoms with Gasteiger partial charge in [0.15, 0.2) is 12.1 Å². The number of carbonyl (C=O) groups is 1. The summed E-state index contributed by atoms with van der Waals surface area (Å²) in [5.74, 6) is 0.843. The predicted octanol–water partition coefficient (Wildman–Crippen LogP) is 2.89. The molecule has 7 heteroatoms. The number of anilines is 1. The Kier molecular flexibility index (Phi) is 3.62. The summed E-state index contributed by atoms with van der Waals surface area (Å²) >= 11 is 0. The lowest BCUT2D eigenvalue weighted by molar-refractivity contribution is 0.112. The van der Waals surface area contributed by atoms with Gasteiger partial charge in [-0.1, -0.05) is 6.07 Å². The van der Waals surface area contributed by atoms with Crippen LogP contribution in [0.15, 0.2) is 48.8 Å². The predicted molar refractivity (Wildman–Crippen MR) is 98.3 cm³/mol. The Hall–Kier alpha value is -3.74. The lowest BCUT2D eigenvalue weighted by Gasteiger charge is -2.11. The van der Waals surface area contributed by atoms with Crippen LogP contribution in [0.3, 0.4) is 0 Å². The smallest absolute Gasteiger partial charge is 0.178 e. The maximum atomic E-state index is 11.7. The fourth-order valence-corrected chi connectivity index (χ4v) is 2.97. The second-order valence-electron chi connectivity index (χ2n) is 5.86. The Morgan fingerprint density at radius 1 is 1.15 bits per heavy atom. The number of phenols is 1. The standard InChI is InChI=1S/C19H15N5O2/c1-11-3-4-12(26)9-16(11)24-15-6-5-14(19-21-7-2-8-22-19)23-17(15)13(10-25)18(24)20/h2-10,26H,20H2,1H3. The van der Waals surface area contributed by atoms with Crippen LogP contribution in [0.1, 0.15) is 15.9 Å². The van der Waals surface area contributed by atoms with Gasteiger partial charge in [-0.05, 0) is 36.8 Å². The molecule has 0 aliphatic rings. The number of aromatic nitrogens is 4. The highest BCUT2D eigenvalue weighted by Crippen LogP contribution is 2.33. The number of carbonyl (C=O) groups excluding carboxylic acids is 1. The summed E-state index contributed by atoms with van der Waals surface area (Å²) < 4.78 is 1.72. The number of phenolic OH excluding ortho intramolecular Hbond substituents is 1. The zero-order chi connectivity index (χ0) is 18.3. The van der Waals surface area contributed by atoms with Gasteiger partial charge in [-0.3, -0.25) is 9.36 Å². The molecule has 0 fully saturated rings. The van der Waals surface area contributed by atoms with Crippen molar-refractivity contribution < 1.29 is 9.90 Å². The average molecular weight is 345 g/mol. The molecule has 3 N–H and O–H groups in total. The molecule has 7 nitrogen and oxygen atoms in total. The number of nitrogens with zero attached hydrogens (tertiary/aromatic N) is 4. The molecule has 4 aromatic rings. The molecule has 0 radical (unpaired) electrons. The fraction of sp³-hybridized carbons (Fsp3) is 0.0526. The van der Waals surface area contributed by atoms with E-state index in [4.69, 9.17) is 5.73 Å². The number of nitrogen functional groups attached to an aromatic ring is 1. The number of aryl methyl sites for hydroxylation is 1. The third kappa shape index (κ3) is 2.37. The van der Waals surface area contributed by atoms with E-state index in [-0.39, 0.29) is 11.6 Å². The van der Waals surface area contributed by atoms with Crippen LogP contribution in [0.4, 0.5) is 5.82 Å². The molecule has 0 unspecified atom stereocenters. The summed E-state index contributed by atoms with van der Waals surface area (Å²) in [5.41, 5.74) is 9.80. The van der Waals surface area contributed by atoms with Gasteiger partial charge in [0.2, 0.25) is 0 Å². The quantitative estimate of drug-likeness (QED) is 0.553. The highest BCUT2D eigenvalue weighted by atomic mass is 16.3. The van der Waals surface area contributed by atoms with Gasteiger partial charge in [0, 0.05) is 18.5 Å². The molecule has 0 aliphatic carbocycles. The third-order valence-corrected chi connectivity index (χ3v) is 4.23. The molecule has 4 rings (SSSR count). The molecule has 0 saturated heterocycles. The van der Waals surface area contributed by atoms with Gasteiger partial charge >= 0.3 is 0 Å². The van der Waals surface area contributed by atoms with Gasteiger partial charge in [0.25, 0.3) is 0 Å². The van der Waals surface area contributed by atoms with E-state index in [2.05, 4.69) is 15.0 Å². The van der Waals surface area contributed by atoms with E-state index in [1.54, 1.807) is 47.3 Å². The average Bonchev–Trinajstić information content (AvgIpc) is 2.94. The van der Waals surface area contributed by atoms with Crippen molar-refractivity contribution in [1.82, 2.24) is 19.5 Å². The van der Waals surface area contributed by atoms with Crippen LogP contribution in [-0.4, -0.2) is 30.9 Å². The van der Waals surface area contributed by atoms with E-state index in [9.17, 15) is 9.90 Å². The minimum Gasteiger partial charge on any atom is -0.508 e. The lowest BCUT2D eigenvalue weighted by atomic mass is 10.2.